The number of aliphatic hydroxyl groups is 1. The lowest BCUT2D eigenvalue weighted by molar-refractivity contribution is -0.386. The minimum atomic E-state index is -3.85. The van der Waals surface area contributed by atoms with Crippen molar-refractivity contribution in [3.05, 3.63) is 28.3 Å². The first-order valence-electron chi connectivity index (χ1n) is 5.32. The van der Waals surface area contributed by atoms with Crippen molar-refractivity contribution in [1.82, 2.24) is 0 Å². The van der Waals surface area contributed by atoms with Gasteiger partial charge in [0, 0.05) is 12.8 Å². The molecule has 0 aliphatic carbocycles. The Labute approximate surface area is 113 Å². The van der Waals surface area contributed by atoms with Gasteiger partial charge in [-0.3, -0.25) is 10.1 Å². The van der Waals surface area contributed by atoms with Crippen LogP contribution in [0.5, 0.6) is 0 Å². The van der Waals surface area contributed by atoms with Crippen molar-refractivity contribution in [2.75, 3.05) is 18.1 Å². The van der Waals surface area contributed by atoms with Crippen molar-refractivity contribution >= 4 is 21.2 Å². The van der Waals surface area contributed by atoms with Crippen LogP contribution in [0.25, 0.3) is 0 Å². The number of sulfone groups is 1. The molecule has 1 aromatic rings. The molecule has 20 heavy (non-hydrogen) atoms. The summed E-state index contributed by atoms with van der Waals surface area (Å²) in [5.41, 5.74) is -0.992. The molecular weight excluding hydrogens is 298 g/mol. The van der Waals surface area contributed by atoms with E-state index in [1.54, 1.807) is 0 Å². The van der Waals surface area contributed by atoms with E-state index in [1.807, 2.05) is 0 Å². The van der Waals surface area contributed by atoms with Crippen molar-refractivity contribution in [2.45, 2.75) is 17.4 Å². The molecule has 0 aromatic heterocycles. The van der Waals surface area contributed by atoms with Crippen molar-refractivity contribution in [3.8, 4) is 0 Å². The zero-order valence-electron chi connectivity index (χ0n) is 10.3. The largest absolute Gasteiger partial charge is 0.385 e. The molecule has 7 nitrogen and oxygen atoms in total. The summed E-state index contributed by atoms with van der Waals surface area (Å²) in [7, 11) is -3.85. The Morgan fingerprint density at radius 2 is 2.05 bits per heavy atom. The first-order chi connectivity index (χ1) is 9.14. The topological polar surface area (TPSA) is 110 Å². The fourth-order valence-electron chi connectivity index (χ4n) is 1.46. The summed E-state index contributed by atoms with van der Waals surface area (Å²) < 4.78 is 47.2. The van der Waals surface area contributed by atoms with E-state index in [4.69, 9.17) is 5.11 Å². The van der Waals surface area contributed by atoms with Gasteiger partial charge in [0.25, 0.3) is 6.43 Å². The van der Waals surface area contributed by atoms with E-state index in [0.717, 1.165) is 12.3 Å². The summed E-state index contributed by atoms with van der Waals surface area (Å²) >= 11 is 0. The van der Waals surface area contributed by atoms with Gasteiger partial charge in [-0.05, 0) is 12.1 Å². The molecule has 0 spiro atoms. The van der Waals surface area contributed by atoms with Crippen LogP contribution in [0.2, 0.25) is 0 Å². The monoisotopic (exact) mass is 310 g/mol. The molecule has 0 amide bonds. The molecule has 0 saturated heterocycles. The minimum Gasteiger partial charge on any atom is -0.385 e. The van der Waals surface area contributed by atoms with E-state index >= 15 is 0 Å². The van der Waals surface area contributed by atoms with Gasteiger partial charge in [-0.2, -0.15) is 0 Å². The second kappa shape index (κ2) is 6.09. The van der Waals surface area contributed by atoms with Gasteiger partial charge >= 0.3 is 5.69 Å². The summed E-state index contributed by atoms with van der Waals surface area (Å²) in [5.74, 6) is 0. The summed E-state index contributed by atoms with van der Waals surface area (Å²) in [6, 6.07) is 3.45. The molecule has 1 aromatic carbocycles. The van der Waals surface area contributed by atoms with Crippen LogP contribution in [0.3, 0.4) is 0 Å². The molecule has 1 atom stereocenters. The molecule has 0 aliphatic heterocycles. The zero-order chi connectivity index (χ0) is 15.5. The van der Waals surface area contributed by atoms with Gasteiger partial charge in [0.15, 0.2) is 9.84 Å². The fourth-order valence-corrected chi connectivity index (χ4v) is 2.32. The number of para-hydroxylation sites is 1. The Hall–Kier alpha value is -1.81. The number of halogens is 2. The van der Waals surface area contributed by atoms with Gasteiger partial charge < -0.3 is 10.4 Å². The van der Waals surface area contributed by atoms with Crippen LogP contribution >= 0.6 is 0 Å². The number of nitrogens with one attached hydrogen (secondary N) is 1. The SMILES string of the molecule is CS(=O)(=O)c1cccc(NCC(O)C(F)F)c1[N+](=O)[O-]. The predicted molar refractivity (Wildman–Crippen MR) is 66.7 cm³/mol. The lowest BCUT2D eigenvalue weighted by atomic mass is 10.2. The normalized spacial score (nSPS) is 13.2. The number of hydrogen-bond donors (Lipinski definition) is 2. The summed E-state index contributed by atoms with van der Waals surface area (Å²) in [5, 5.41) is 22.2. The number of nitro benzene ring substituents is 1. The maximum atomic E-state index is 12.1. The molecule has 112 valence electrons. The third kappa shape index (κ3) is 3.84. The number of nitrogens with zero attached hydrogens (tertiary/aromatic N) is 1. The Morgan fingerprint density at radius 3 is 2.50 bits per heavy atom. The number of benzene rings is 1. The number of hydrogen-bond acceptors (Lipinski definition) is 6. The molecule has 0 saturated carbocycles. The van der Waals surface area contributed by atoms with Gasteiger partial charge in [0.05, 0.1) is 4.92 Å². The second-order valence-electron chi connectivity index (χ2n) is 3.96. The average molecular weight is 310 g/mol. The highest BCUT2D eigenvalue weighted by Gasteiger charge is 2.27. The maximum absolute atomic E-state index is 12.1. The van der Waals surface area contributed by atoms with Crippen molar-refractivity contribution in [1.29, 1.82) is 0 Å². The lowest BCUT2D eigenvalue weighted by Crippen LogP contribution is -2.27. The summed E-state index contributed by atoms with van der Waals surface area (Å²) in [4.78, 5) is 9.51. The lowest BCUT2D eigenvalue weighted by Gasteiger charge is -2.12. The minimum absolute atomic E-state index is 0.252. The van der Waals surface area contributed by atoms with Gasteiger partial charge in [-0.25, -0.2) is 17.2 Å². The van der Waals surface area contributed by atoms with E-state index in [0.29, 0.717) is 0 Å². The van der Waals surface area contributed by atoms with E-state index in [-0.39, 0.29) is 5.69 Å². The number of alkyl halides is 2. The van der Waals surface area contributed by atoms with Gasteiger partial charge in [-0.1, -0.05) is 6.07 Å². The number of anilines is 1. The van der Waals surface area contributed by atoms with Crippen molar-refractivity contribution in [3.63, 3.8) is 0 Å². The molecule has 2 N–H and O–H groups in total. The Bertz CT molecular complexity index is 606. The first kappa shape index (κ1) is 16.2. The zero-order valence-corrected chi connectivity index (χ0v) is 11.1. The van der Waals surface area contributed by atoms with E-state index < -0.39 is 44.4 Å². The third-order valence-electron chi connectivity index (χ3n) is 2.37. The highest BCUT2D eigenvalue weighted by Crippen LogP contribution is 2.31. The Kier molecular flexibility index (Phi) is 4.95. The van der Waals surface area contributed by atoms with Crippen LogP contribution in [0.4, 0.5) is 20.2 Å². The highest BCUT2D eigenvalue weighted by molar-refractivity contribution is 7.90. The molecular formula is C10H12F2N2O5S. The van der Waals surface area contributed by atoms with Crippen molar-refractivity contribution < 1.29 is 27.2 Å². The maximum Gasteiger partial charge on any atom is 0.310 e. The second-order valence-corrected chi connectivity index (χ2v) is 5.95. The molecule has 1 unspecified atom stereocenters. The molecule has 0 radical (unpaired) electrons. The smallest absolute Gasteiger partial charge is 0.310 e. The molecule has 0 heterocycles. The number of rotatable bonds is 6. The van der Waals surface area contributed by atoms with Crippen LogP contribution in [0.15, 0.2) is 23.1 Å². The van der Waals surface area contributed by atoms with Gasteiger partial charge in [0.2, 0.25) is 0 Å². The molecule has 1 rings (SSSR count). The van der Waals surface area contributed by atoms with Gasteiger partial charge in [-0.15, -0.1) is 0 Å². The van der Waals surface area contributed by atoms with E-state index in [9.17, 15) is 27.3 Å². The summed E-state index contributed by atoms with van der Waals surface area (Å²) in [6.45, 7) is -0.647. The predicted octanol–water partition coefficient (Wildman–Crippen LogP) is 1.04. The molecule has 0 fully saturated rings. The Morgan fingerprint density at radius 1 is 1.45 bits per heavy atom. The Balaban J connectivity index is 3.18. The van der Waals surface area contributed by atoms with E-state index in [2.05, 4.69) is 5.32 Å². The van der Waals surface area contributed by atoms with Crippen LogP contribution in [0, 0.1) is 10.1 Å². The first-order valence-corrected chi connectivity index (χ1v) is 7.21. The quantitative estimate of drug-likeness (QED) is 0.600. The molecule has 0 bridgehead atoms. The summed E-state index contributed by atoms with van der Waals surface area (Å²) in [6.07, 6.45) is -4.23. The molecule has 10 heteroatoms. The van der Waals surface area contributed by atoms with Crippen LogP contribution in [-0.4, -0.2) is 43.8 Å². The fraction of sp³-hybridized carbons (Fsp3) is 0.400. The van der Waals surface area contributed by atoms with E-state index in [1.165, 1.54) is 12.1 Å². The number of aliphatic hydroxyl groups excluding tert-OH is 1. The standard InChI is InChI=1S/C10H12F2N2O5S/c1-20(18,19)8-4-2-3-6(9(8)14(16)17)13-5-7(15)10(11)12/h2-4,7,10,13,15H,5H2,1H3. The van der Waals surface area contributed by atoms with Crippen LogP contribution in [0.1, 0.15) is 0 Å². The van der Waals surface area contributed by atoms with Crippen molar-refractivity contribution in [2.24, 2.45) is 0 Å². The molecule has 0 aliphatic rings. The van der Waals surface area contributed by atoms with Crippen LogP contribution in [-0.2, 0) is 9.84 Å². The van der Waals surface area contributed by atoms with Crippen LogP contribution < -0.4 is 5.32 Å². The van der Waals surface area contributed by atoms with Gasteiger partial charge in [0.1, 0.15) is 16.7 Å². The third-order valence-corrected chi connectivity index (χ3v) is 3.50. The highest BCUT2D eigenvalue weighted by atomic mass is 32.2. The number of nitro groups is 1. The average Bonchev–Trinajstić information content (AvgIpc) is 2.33.